The highest BCUT2D eigenvalue weighted by molar-refractivity contribution is 5.81. The first kappa shape index (κ1) is 11.1. The second-order valence-electron chi connectivity index (χ2n) is 4.67. The van der Waals surface area contributed by atoms with E-state index in [1.807, 2.05) is 18.3 Å². The normalized spacial score (nSPS) is 12.2. The zero-order valence-corrected chi connectivity index (χ0v) is 9.62. The van der Waals surface area contributed by atoms with Gasteiger partial charge in [-0.25, -0.2) is 0 Å². The van der Waals surface area contributed by atoms with Crippen LogP contribution in [0.4, 0.5) is 0 Å². The number of fused-ring (bicyclic) bond motifs is 1. The Kier molecular flexibility index (Phi) is 2.94. The molecule has 1 aromatic carbocycles. The van der Waals surface area contributed by atoms with Crippen LogP contribution in [-0.2, 0) is 6.54 Å². The molecule has 0 atom stereocenters. The fourth-order valence-electron chi connectivity index (χ4n) is 1.68. The van der Waals surface area contributed by atoms with Crippen molar-refractivity contribution in [1.29, 1.82) is 0 Å². The zero-order chi connectivity index (χ0) is 11.6. The van der Waals surface area contributed by atoms with Crippen LogP contribution in [0.3, 0.4) is 0 Å². The predicted octanol–water partition coefficient (Wildman–Crippen LogP) is 1.42. The van der Waals surface area contributed by atoms with E-state index in [1.165, 1.54) is 5.56 Å². The molecule has 4 nitrogen and oxygen atoms in total. The first-order chi connectivity index (χ1) is 7.56. The molecule has 0 aliphatic carbocycles. The molecule has 1 aromatic heterocycles. The van der Waals surface area contributed by atoms with Crippen LogP contribution in [0.2, 0.25) is 0 Å². The summed E-state index contributed by atoms with van der Waals surface area (Å²) in [5, 5.41) is 20.9. The number of nitrogens with one attached hydrogen (secondary N) is 2. The first-order valence-electron chi connectivity index (χ1n) is 5.40. The highest BCUT2D eigenvalue weighted by Crippen LogP contribution is 2.15. The molecule has 0 saturated carbocycles. The van der Waals surface area contributed by atoms with Crippen molar-refractivity contribution in [3.05, 3.63) is 30.0 Å². The quantitative estimate of drug-likeness (QED) is 0.729. The van der Waals surface area contributed by atoms with Crippen molar-refractivity contribution in [3.8, 4) is 0 Å². The van der Waals surface area contributed by atoms with Gasteiger partial charge in [-0.15, -0.1) is 0 Å². The van der Waals surface area contributed by atoms with Crippen LogP contribution in [0.25, 0.3) is 10.9 Å². The number of hydrogen-bond donors (Lipinski definition) is 3. The topological polar surface area (TPSA) is 60.9 Å². The average molecular weight is 219 g/mol. The molecular formula is C12H17N3O. The summed E-state index contributed by atoms with van der Waals surface area (Å²) in [7, 11) is 0. The van der Waals surface area contributed by atoms with Crippen molar-refractivity contribution in [2.45, 2.75) is 26.0 Å². The van der Waals surface area contributed by atoms with E-state index in [0.717, 1.165) is 17.4 Å². The number of H-pyrrole nitrogens is 1. The molecule has 0 aliphatic heterocycles. The number of aliphatic hydroxyl groups is 1. The maximum absolute atomic E-state index is 9.59. The number of hydrogen-bond acceptors (Lipinski definition) is 3. The van der Waals surface area contributed by atoms with E-state index in [2.05, 4.69) is 21.6 Å². The van der Waals surface area contributed by atoms with E-state index in [0.29, 0.717) is 6.54 Å². The van der Waals surface area contributed by atoms with E-state index in [4.69, 9.17) is 0 Å². The van der Waals surface area contributed by atoms with Gasteiger partial charge in [0.2, 0.25) is 0 Å². The minimum atomic E-state index is -0.679. The maximum atomic E-state index is 9.59. The van der Waals surface area contributed by atoms with Crippen LogP contribution in [0.5, 0.6) is 0 Å². The van der Waals surface area contributed by atoms with Gasteiger partial charge in [0.25, 0.3) is 0 Å². The lowest BCUT2D eigenvalue weighted by molar-refractivity contribution is 0.0795. The van der Waals surface area contributed by atoms with Gasteiger partial charge in [-0.1, -0.05) is 18.2 Å². The lowest BCUT2D eigenvalue weighted by Gasteiger charge is -2.17. The van der Waals surface area contributed by atoms with Crippen LogP contribution in [0.15, 0.2) is 24.4 Å². The molecular weight excluding hydrogens is 202 g/mol. The van der Waals surface area contributed by atoms with Gasteiger partial charge in [0, 0.05) is 18.5 Å². The van der Waals surface area contributed by atoms with Crippen molar-refractivity contribution in [3.63, 3.8) is 0 Å². The molecule has 16 heavy (non-hydrogen) atoms. The molecule has 1 heterocycles. The van der Waals surface area contributed by atoms with Gasteiger partial charge in [-0.3, -0.25) is 5.10 Å². The van der Waals surface area contributed by atoms with Crippen LogP contribution in [0.1, 0.15) is 19.4 Å². The summed E-state index contributed by atoms with van der Waals surface area (Å²) in [6.45, 7) is 4.87. The van der Waals surface area contributed by atoms with Gasteiger partial charge in [0.1, 0.15) is 0 Å². The molecule has 4 heteroatoms. The summed E-state index contributed by atoms with van der Waals surface area (Å²) >= 11 is 0. The first-order valence-corrected chi connectivity index (χ1v) is 5.40. The highest BCUT2D eigenvalue weighted by Gasteiger charge is 2.11. The number of aromatic nitrogens is 2. The molecule has 0 bridgehead atoms. The van der Waals surface area contributed by atoms with Gasteiger partial charge in [0.05, 0.1) is 17.3 Å². The van der Waals surface area contributed by atoms with E-state index >= 15 is 0 Å². The molecule has 0 amide bonds. The van der Waals surface area contributed by atoms with E-state index in [1.54, 1.807) is 13.8 Å². The minimum Gasteiger partial charge on any atom is -0.389 e. The number of benzene rings is 1. The number of rotatable bonds is 4. The van der Waals surface area contributed by atoms with Crippen molar-refractivity contribution < 1.29 is 5.11 Å². The predicted molar refractivity (Wildman–Crippen MR) is 64.1 cm³/mol. The highest BCUT2D eigenvalue weighted by atomic mass is 16.3. The molecule has 2 rings (SSSR count). The van der Waals surface area contributed by atoms with Gasteiger partial charge >= 0.3 is 0 Å². The molecule has 0 spiro atoms. The van der Waals surface area contributed by atoms with Crippen molar-refractivity contribution in [1.82, 2.24) is 15.5 Å². The summed E-state index contributed by atoms with van der Waals surface area (Å²) in [5.41, 5.74) is 1.55. The molecule has 0 fully saturated rings. The largest absolute Gasteiger partial charge is 0.389 e. The standard InChI is InChI=1S/C12H17N3O/c1-12(2,16)8-13-6-9-4-3-5-10-7-14-15-11(9)10/h3-5,7,13,16H,6,8H2,1-2H3,(H,14,15). The molecule has 2 aromatic rings. The summed E-state index contributed by atoms with van der Waals surface area (Å²) in [6.07, 6.45) is 1.81. The van der Waals surface area contributed by atoms with E-state index in [-0.39, 0.29) is 0 Å². The van der Waals surface area contributed by atoms with Gasteiger partial charge in [-0.2, -0.15) is 5.10 Å². The van der Waals surface area contributed by atoms with Crippen molar-refractivity contribution >= 4 is 10.9 Å². The van der Waals surface area contributed by atoms with Crippen molar-refractivity contribution in [2.24, 2.45) is 0 Å². The Morgan fingerprint density at radius 3 is 3.00 bits per heavy atom. The smallest absolute Gasteiger partial charge is 0.0715 e. The number of nitrogens with zero attached hydrogens (tertiary/aromatic N) is 1. The molecule has 0 radical (unpaired) electrons. The summed E-state index contributed by atoms with van der Waals surface area (Å²) in [5.74, 6) is 0. The second kappa shape index (κ2) is 4.23. The molecule has 86 valence electrons. The Hall–Kier alpha value is -1.39. The van der Waals surface area contributed by atoms with E-state index < -0.39 is 5.60 Å². The molecule has 0 unspecified atom stereocenters. The lowest BCUT2D eigenvalue weighted by atomic mass is 10.1. The number of para-hydroxylation sites is 1. The van der Waals surface area contributed by atoms with Crippen molar-refractivity contribution in [2.75, 3.05) is 6.54 Å². The summed E-state index contributed by atoms with van der Waals surface area (Å²) in [4.78, 5) is 0. The Morgan fingerprint density at radius 1 is 1.44 bits per heavy atom. The van der Waals surface area contributed by atoms with Gasteiger partial charge in [0.15, 0.2) is 0 Å². The second-order valence-corrected chi connectivity index (χ2v) is 4.67. The fraction of sp³-hybridized carbons (Fsp3) is 0.417. The maximum Gasteiger partial charge on any atom is 0.0715 e. The fourth-order valence-corrected chi connectivity index (χ4v) is 1.68. The summed E-state index contributed by atoms with van der Waals surface area (Å²) in [6, 6.07) is 6.09. The zero-order valence-electron chi connectivity index (χ0n) is 9.62. The van der Waals surface area contributed by atoms with Crippen LogP contribution >= 0.6 is 0 Å². The Balaban J connectivity index is 2.07. The lowest BCUT2D eigenvalue weighted by Crippen LogP contribution is -2.34. The average Bonchev–Trinajstić information content (AvgIpc) is 2.64. The third-order valence-electron chi connectivity index (χ3n) is 2.44. The SMILES string of the molecule is CC(C)(O)CNCc1cccc2cn[nH]c12. The van der Waals surface area contributed by atoms with Gasteiger partial charge < -0.3 is 10.4 Å². The van der Waals surface area contributed by atoms with Crippen LogP contribution in [0, 0.1) is 0 Å². The Bertz CT molecular complexity index is 470. The molecule has 0 saturated heterocycles. The van der Waals surface area contributed by atoms with Crippen LogP contribution < -0.4 is 5.32 Å². The Morgan fingerprint density at radius 2 is 2.25 bits per heavy atom. The number of aromatic amines is 1. The monoisotopic (exact) mass is 219 g/mol. The van der Waals surface area contributed by atoms with E-state index in [9.17, 15) is 5.11 Å². The van der Waals surface area contributed by atoms with Gasteiger partial charge in [-0.05, 0) is 19.4 Å². The minimum absolute atomic E-state index is 0.567. The Labute approximate surface area is 94.7 Å². The molecule has 3 N–H and O–H groups in total. The third kappa shape index (κ3) is 2.59. The summed E-state index contributed by atoms with van der Waals surface area (Å²) < 4.78 is 0. The van der Waals surface area contributed by atoms with Crippen LogP contribution in [-0.4, -0.2) is 27.4 Å². The third-order valence-corrected chi connectivity index (χ3v) is 2.44. The molecule has 0 aliphatic rings.